The Hall–Kier alpha value is -1.56. The van der Waals surface area contributed by atoms with Crippen molar-refractivity contribution in [3.8, 4) is 0 Å². The second-order valence-corrected chi connectivity index (χ2v) is 6.35. The first-order valence-corrected chi connectivity index (χ1v) is 7.32. The van der Waals surface area contributed by atoms with Crippen LogP contribution in [-0.2, 0) is 4.79 Å². The van der Waals surface area contributed by atoms with Crippen molar-refractivity contribution in [1.82, 2.24) is 10.6 Å². The molecule has 6 heteroatoms. The minimum atomic E-state index is -4.37. The fourth-order valence-corrected chi connectivity index (χ4v) is 3.00. The lowest BCUT2D eigenvalue weighted by atomic mass is 9.56. The highest BCUT2D eigenvalue weighted by atomic mass is 19.4. The normalized spacial score (nSPS) is 23.7. The Bertz CT molecular complexity index is 514. The quantitative estimate of drug-likeness (QED) is 0.877. The van der Waals surface area contributed by atoms with Gasteiger partial charge in [0.05, 0.1) is 6.54 Å². The molecule has 3 nitrogen and oxygen atoms in total. The van der Waals surface area contributed by atoms with E-state index in [1.165, 1.54) is 5.56 Å². The molecule has 1 aliphatic carbocycles. The molecule has 1 aliphatic rings. The minimum Gasteiger partial charge on any atom is -0.346 e. The van der Waals surface area contributed by atoms with Gasteiger partial charge in [0.25, 0.3) is 0 Å². The predicted octanol–water partition coefficient (Wildman–Crippen LogP) is 2.84. The maximum atomic E-state index is 12.0. The summed E-state index contributed by atoms with van der Waals surface area (Å²) in [5.74, 6) is -0.235. The number of nitrogens with one attached hydrogen (secondary N) is 2. The number of hydrogen-bond donors (Lipinski definition) is 2. The lowest BCUT2D eigenvalue weighted by Gasteiger charge is -2.53. The molecule has 2 atom stereocenters. The molecule has 1 aromatic carbocycles. The summed E-state index contributed by atoms with van der Waals surface area (Å²) in [6.45, 7) is 2.85. The van der Waals surface area contributed by atoms with Crippen LogP contribution in [0.1, 0.15) is 31.7 Å². The third-order valence-electron chi connectivity index (χ3n) is 4.46. The molecule has 0 saturated heterocycles. The Morgan fingerprint density at radius 1 is 1.27 bits per heavy atom. The molecular formula is C16H21F3N2O. The van der Waals surface area contributed by atoms with Gasteiger partial charge < -0.3 is 10.6 Å². The van der Waals surface area contributed by atoms with Crippen LogP contribution in [0, 0.1) is 5.41 Å². The van der Waals surface area contributed by atoms with Gasteiger partial charge in [-0.1, -0.05) is 44.2 Å². The molecule has 1 fully saturated rings. The third-order valence-corrected chi connectivity index (χ3v) is 4.46. The van der Waals surface area contributed by atoms with Gasteiger partial charge in [0.15, 0.2) is 0 Å². The summed E-state index contributed by atoms with van der Waals surface area (Å²) in [5, 5.41) is 4.94. The van der Waals surface area contributed by atoms with Crippen LogP contribution in [-0.4, -0.2) is 31.2 Å². The molecule has 1 saturated carbocycles. The second-order valence-electron chi connectivity index (χ2n) is 6.35. The molecule has 22 heavy (non-hydrogen) atoms. The highest BCUT2D eigenvalue weighted by Crippen LogP contribution is 2.52. The molecule has 0 unspecified atom stereocenters. The van der Waals surface area contributed by atoms with E-state index >= 15 is 0 Å². The van der Waals surface area contributed by atoms with Gasteiger partial charge in [-0.25, -0.2) is 0 Å². The van der Waals surface area contributed by atoms with Gasteiger partial charge in [-0.15, -0.1) is 0 Å². The Balaban J connectivity index is 1.80. The van der Waals surface area contributed by atoms with Crippen molar-refractivity contribution in [2.45, 2.75) is 38.4 Å². The van der Waals surface area contributed by atoms with Gasteiger partial charge in [0.2, 0.25) is 5.91 Å². The molecule has 0 bridgehead atoms. The number of amides is 1. The Kier molecular flexibility index (Phi) is 4.80. The number of benzene rings is 1. The molecule has 0 heterocycles. The monoisotopic (exact) mass is 314 g/mol. The zero-order valence-corrected chi connectivity index (χ0v) is 12.7. The molecule has 1 amide bonds. The van der Waals surface area contributed by atoms with E-state index in [0.717, 1.165) is 6.42 Å². The van der Waals surface area contributed by atoms with Crippen molar-refractivity contribution in [3.63, 3.8) is 0 Å². The van der Waals surface area contributed by atoms with E-state index in [4.69, 9.17) is 0 Å². The summed E-state index contributed by atoms with van der Waals surface area (Å²) in [5.41, 5.74) is 1.22. The first-order valence-electron chi connectivity index (χ1n) is 7.32. The van der Waals surface area contributed by atoms with Gasteiger partial charge in [0.1, 0.15) is 6.54 Å². The van der Waals surface area contributed by atoms with Crippen LogP contribution >= 0.6 is 0 Å². The van der Waals surface area contributed by atoms with Crippen LogP contribution in [0.2, 0.25) is 0 Å². The summed E-state index contributed by atoms with van der Waals surface area (Å²) in [4.78, 5) is 11.4. The fraction of sp³-hybridized carbons (Fsp3) is 0.562. The standard InChI is InChI=1S/C16H21F3N2O/c1-15(2)12(11-6-4-3-5-7-11)8-13(15)20-9-14(22)21-10-16(17,18)19/h3-7,12-13,20H,8-10H2,1-2H3,(H,21,22)/t12-,13+/m1/s1. The number of carbonyl (C=O) groups excluding carboxylic acids is 1. The molecule has 0 aromatic heterocycles. The zero-order chi connectivity index (χ0) is 16.4. The lowest BCUT2D eigenvalue weighted by Crippen LogP contribution is -2.57. The van der Waals surface area contributed by atoms with Crippen LogP contribution < -0.4 is 10.6 Å². The van der Waals surface area contributed by atoms with Crippen molar-refractivity contribution >= 4 is 5.91 Å². The summed E-state index contributed by atoms with van der Waals surface area (Å²) in [6.07, 6.45) is -3.49. The van der Waals surface area contributed by atoms with E-state index in [1.54, 1.807) is 0 Å². The van der Waals surface area contributed by atoms with E-state index in [0.29, 0.717) is 5.92 Å². The number of rotatable bonds is 5. The van der Waals surface area contributed by atoms with Crippen LogP contribution in [0.4, 0.5) is 13.2 Å². The second kappa shape index (κ2) is 6.28. The Morgan fingerprint density at radius 2 is 1.91 bits per heavy atom. The van der Waals surface area contributed by atoms with Crippen LogP contribution in [0.25, 0.3) is 0 Å². The largest absolute Gasteiger partial charge is 0.405 e. The third kappa shape index (κ3) is 4.00. The van der Waals surface area contributed by atoms with Crippen molar-refractivity contribution < 1.29 is 18.0 Å². The van der Waals surface area contributed by atoms with Gasteiger partial charge in [-0.2, -0.15) is 13.2 Å². The van der Waals surface area contributed by atoms with Crippen molar-refractivity contribution in [3.05, 3.63) is 35.9 Å². The first kappa shape index (κ1) is 16.8. The maximum absolute atomic E-state index is 12.0. The van der Waals surface area contributed by atoms with Crippen LogP contribution in [0.3, 0.4) is 0 Å². The molecule has 1 aromatic rings. The highest BCUT2D eigenvalue weighted by molar-refractivity contribution is 5.78. The first-order chi connectivity index (χ1) is 10.2. The van der Waals surface area contributed by atoms with E-state index in [1.807, 2.05) is 23.5 Å². The summed E-state index contributed by atoms with van der Waals surface area (Å²) < 4.78 is 36.1. The molecule has 2 rings (SSSR count). The smallest absolute Gasteiger partial charge is 0.346 e. The summed E-state index contributed by atoms with van der Waals surface area (Å²) >= 11 is 0. The summed E-state index contributed by atoms with van der Waals surface area (Å²) in [6, 6.07) is 10.2. The van der Waals surface area contributed by atoms with Crippen molar-refractivity contribution in [2.75, 3.05) is 13.1 Å². The van der Waals surface area contributed by atoms with Gasteiger partial charge in [-0.3, -0.25) is 4.79 Å². The number of alkyl halides is 3. The van der Waals surface area contributed by atoms with Crippen molar-refractivity contribution in [1.29, 1.82) is 0 Å². The Morgan fingerprint density at radius 3 is 2.45 bits per heavy atom. The fourth-order valence-electron chi connectivity index (χ4n) is 3.00. The average Bonchev–Trinajstić information content (AvgIpc) is 2.44. The zero-order valence-electron chi connectivity index (χ0n) is 12.7. The van der Waals surface area contributed by atoms with E-state index in [9.17, 15) is 18.0 Å². The van der Waals surface area contributed by atoms with Gasteiger partial charge in [-0.05, 0) is 23.3 Å². The maximum Gasteiger partial charge on any atom is 0.405 e. The van der Waals surface area contributed by atoms with Crippen LogP contribution in [0.5, 0.6) is 0 Å². The number of carbonyl (C=O) groups is 1. The predicted molar refractivity (Wildman–Crippen MR) is 78.4 cm³/mol. The molecule has 122 valence electrons. The van der Waals surface area contributed by atoms with Gasteiger partial charge in [0, 0.05) is 6.04 Å². The average molecular weight is 314 g/mol. The highest BCUT2D eigenvalue weighted by Gasteiger charge is 2.48. The topological polar surface area (TPSA) is 41.1 Å². The molecule has 0 radical (unpaired) electrons. The number of halogens is 3. The van der Waals surface area contributed by atoms with E-state index in [2.05, 4.69) is 31.3 Å². The lowest BCUT2D eigenvalue weighted by molar-refractivity contribution is -0.138. The molecule has 0 spiro atoms. The van der Waals surface area contributed by atoms with Gasteiger partial charge >= 0.3 is 6.18 Å². The summed E-state index contributed by atoms with van der Waals surface area (Å²) in [7, 11) is 0. The molecular weight excluding hydrogens is 293 g/mol. The van der Waals surface area contributed by atoms with E-state index in [-0.39, 0.29) is 18.0 Å². The number of hydrogen-bond acceptors (Lipinski definition) is 2. The molecule has 2 N–H and O–H groups in total. The SMILES string of the molecule is CC1(C)[C@@H](NCC(=O)NCC(F)(F)F)C[C@@H]1c1ccccc1. The Labute approximate surface area is 128 Å². The minimum absolute atomic E-state index is 0.0361. The van der Waals surface area contributed by atoms with Crippen molar-refractivity contribution in [2.24, 2.45) is 5.41 Å². The molecule has 0 aliphatic heterocycles. The van der Waals surface area contributed by atoms with E-state index < -0.39 is 18.6 Å². The van der Waals surface area contributed by atoms with Crippen LogP contribution in [0.15, 0.2) is 30.3 Å².